The molecule has 0 fully saturated rings. The molecular weight excluding hydrogens is 252 g/mol. The minimum atomic E-state index is 0.813. The SMILES string of the molecule is O=Cc1c2ccc3ccccc3c2cc2ccsc12. The molecule has 1 nitrogen and oxygen atoms in total. The van der Waals surface area contributed by atoms with Crippen molar-refractivity contribution in [3.8, 4) is 0 Å². The lowest BCUT2D eigenvalue weighted by molar-refractivity contribution is 0.112. The van der Waals surface area contributed by atoms with E-state index < -0.39 is 0 Å². The van der Waals surface area contributed by atoms with Crippen LogP contribution in [0.5, 0.6) is 0 Å². The Balaban J connectivity index is 2.35. The third kappa shape index (κ3) is 1.44. The van der Waals surface area contributed by atoms with Gasteiger partial charge in [0.25, 0.3) is 0 Å². The Kier molecular flexibility index (Phi) is 2.20. The fraction of sp³-hybridized carbons (Fsp3) is 0. The van der Waals surface area contributed by atoms with E-state index in [1.54, 1.807) is 11.3 Å². The zero-order chi connectivity index (χ0) is 12.8. The standard InChI is InChI=1S/C17H10OS/c18-10-16-14-6-5-11-3-1-2-4-13(11)15(14)9-12-7-8-19-17(12)16/h1-10H. The van der Waals surface area contributed by atoms with Crippen molar-refractivity contribution in [3.63, 3.8) is 0 Å². The molecule has 0 bridgehead atoms. The van der Waals surface area contributed by atoms with Gasteiger partial charge in [-0.3, -0.25) is 4.79 Å². The molecule has 0 radical (unpaired) electrons. The molecule has 1 heterocycles. The van der Waals surface area contributed by atoms with Gasteiger partial charge in [-0.1, -0.05) is 36.4 Å². The summed E-state index contributed by atoms with van der Waals surface area (Å²) in [5, 5.41) is 7.81. The number of aldehydes is 1. The average molecular weight is 262 g/mol. The molecule has 0 aliphatic heterocycles. The number of hydrogen-bond donors (Lipinski definition) is 0. The molecule has 4 rings (SSSR count). The van der Waals surface area contributed by atoms with Gasteiger partial charge in [0.2, 0.25) is 0 Å². The zero-order valence-electron chi connectivity index (χ0n) is 10.1. The molecule has 0 unspecified atom stereocenters. The van der Waals surface area contributed by atoms with Gasteiger partial charge in [-0.05, 0) is 44.4 Å². The summed E-state index contributed by atoms with van der Waals surface area (Å²) < 4.78 is 1.08. The van der Waals surface area contributed by atoms with E-state index in [0.29, 0.717) is 0 Å². The Labute approximate surface area is 114 Å². The first-order chi connectivity index (χ1) is 9.38. The van der Waals surface area contributed by atoms with Crippen LogP contribution >= 0.6 is 11.3 Å². The number of carbonyl (C=O) groups is 1. The summed E-state index contributed by atoms with van der Waals surface area (Å²) in [6, 6.07) is 16.7. The number of thiophene rings is 1. The van der Waals surface area contributed by atoms with Crippen LogP contribution in [-0.2, 0) is 0 Å². The van der Waals surface area contributed by atoms with E-state index in [1.807, 2.05) is 17.5 Å². The van der Waals surface area contributed by atoms with Gasteiger partial charge in [0, 0.05) is 10.3 Å². The molecule has 0 saturated heterocycles. The summed E-state index contributed by atoms with van der Waals surface area (Å²) in [6.07, 6.45) is 0.982. The highest BCUT2D eigenvalue weighted by atomic mass is 32.1. The van der Waals surface area contributed by atoms with E-state index in [4.69, 9.17) is 0 Å². The fourth-order valence-corrected chi connectivity index (χ4v) is 3.63. The first-order valence-electron chi connectivity index (χ1n) is 6.15. The lowest BCUT2D eigenvalue weighted by atomic mass is 9.97. The minimum Gasteiger partial charge on any atom is -0.298 e. The Morgan fingerprint density at radius 1 is 0.842 bits per heavy atom. The summed E-state index contributed by atoms with van der Waals surface area (Å²) in [6.45, 7) is 0. The molecule has 0 spiro atoms. The van der Waals surface area contributed by atoms with Crippen molar-refractivity contribution in [2.75, 3.05) is 0 Å². The monoisotopic (exact) mass is 262 g/mol. The fourth-order valence-electron chi connectivity index (χ4n) is 2.73. The highest BCUT2D eigenvalue weighted by molar-refractivity contribution is 7.17. The van der Waals surface area contributed by atoms with Gasteiger partial charge in [0.05, 0.1) is 0 Å². The zero-order valence-corrected chi connectivity index (χ0v) is 10.9. The van der Waals surface area contributed by atoms with Crippen LogP contribution in [-0.4, -0.2) is 6.29 Å². The lowest BCUT2D eigenvalue weighted by Gasteiger charge is -2.07. The normalized spacial score (nSPS) is 11.4. The summed E-state index contributed by atoms with van der Waals surface area (Å²) in [7, 11) is 0. The Bertz CT molecular complexity index is 934. The lowest BCUT2D eigenvalue weighted by Crippen LogP contribution is -1.85. The summed E-state index contributed by atoms with van der Waals surface area (Å²) in [4.78, 5) is 11.5. The van der Waals surface area contributed by atoms with Crippen molar-refractivity contribution in [2.45, 2.75) is 0 Å². The molecule has 0 N–H and O–H groups in total. The van der Waals surface area contributed by atoms with Crippen LogP contribution in [0.15, 0.2) is 53.9 Å². The van der Waals surface area contributed by atoms with E-state index in [0.717, 1.165) is 32.7 Å². The largest absolute Gasteiger partial charge is 0.298 e. The Hall–Kier alpha value is -2.19. The van der Waals surface area contributed by atoms with Crippen molar-refractivity contribution in [1.82, 2.24) is 0 Å². The van der Waals surface area contributed by atoms with Gasteiger partial charge in [-0.15, -0.1) is 11.3 Å². The maximum atomic E-state index is 11.5. The van der Waals surface area contributed by atoms with Gasteiger partial charge < -0.3 is 0 Å². The van der Waals surface area contributed by atoms with Crippen LogP contribution in [0.2, 0.25) is 0 Å². The summed E-state index contributed by atoms with van der Waals surface area (Å²) >= 11 is 1.63. The number of hydrogen-bond acceptors (Lipinski definition) is 2. The molecule has 0 atom stereocenters. The second kappa shape index (κ2) is 3.90. The first-order valence-corrected chi connectivity index (χ1v) is 7.03. The first kappa shape index (κ1) is 10.7. The topological polar surface area (TPSA) is 17.1 Å². The smallest absolute Gasteiger partial charge is 0.152 e. The number of rotatable bonds is 1. The molecule has 0 amide bonds. The molecule has 4 aromatic rings. The molecule has 3 aromatic carbocycles. The molecule has 2 heteroatoms. The molecular formula is C17H10OS. The van der Waals surface area contributed by atoms with Gasteiger partial charge in [0.15, 0.2) is 6.29 Å². The van der Waals surface area contributed by atoms with Crippen molar-refractivity contribution < 1.29 is 4.79 Å². The number of fused-ring (bicyclic) bond motifs is 4. The predicted molar refractivity (Wildman–Crippen MR) is 82.2 cm³/mol. The maximum absolute atomic E-state index is 11.5. The van der Waals surface area contributed by atoms with Crippen molar-refractivity contribution in [3.05, 3.63) is 59.5 Å². The maximum Gasteiger partial charge on any atom is 0.152 e. The van der Waals surface area contributed by atoms with Gasteiger partial charge >= 0.3 is 0 Å². The van der Waals surface area contributed by atoms with Crippen LogP contribution in [0, 0.1) is 0 Å². The third-order valence-corrected chi connectivity index (χ3v) is 4.58. The number of benzene rings is 3. The van der Waals surface area contributed by atoms with E-state index in [1.165, 1.54) is 10.8 Å². The van der Waals surface area contributed by atoms with E-state index in [2.05, 4.69) is 36.4 Å². The highest BCUT2D eigenvalue weighted by Gasteiger charge is 2.10. The molecule has 0 saturated carbocycles. The Morgan fingerprint density at radius 2 is 1.74 bits per heavy atom. The minimum absolute atomic E-state index is 0.813. The van der Waals surface area contributed by atoms with Gasteiger partial charge in [-0.2, -0.15) is 0 Å². The van der Waals surface area contributed by atoms with E-state index >= 15 is 0 Å². The van der Waals surface area contributed by atoms with Crippen molar-refractivity contribution in [1.29, 1.82) is 0 Å². The van der Waals surface area contributed by atoms with Gasteiger partial charge in [0.1, 0.15) is 0 Å². The van der Waals surface area contributed by atoms with E-state index in [9.17, 15) is 4.79 Å². The summed E-state index contributed by atoms with van der Waals surface area (Å²) in [5.41, 5.74) is 0.813. The number of carbonyl (C=O) groups excluding carboxylic acids is 1. The second-order valence-corrected chi connectivity index (χ2v) is 5.54. The van der Waals surface area contributed by atoms with Crippen LogP contribution in [0.25, 0.3) is 31.6 Å². The molecule has 0 aliphatic rings. The summed E-state index contributed by atoms with van der Waals surface area (Å²) in [5.74, 6) is 0. The van der Waals surface area contributed by atoms with E-state index in [-0.39, 0.29) is 0 Å². The molecule has 19 heavy (non-hydrogen) atoms. The van der Waals surface area contributed by atoms with Crippen molar-refractivity contribution in [2.24, 2.45) is 0 Å². The van der Waals surface area contributed by atoms with Crippen molar-refractivity contribution >= 4 is 49.3 Å². The van der Waals surface area contributed by atoms with Crippen LogP contribution < -0.4 is 0 Å². The molecule has 0 aliphatic carbocycles. The molecule has 1 aromatic heterocycles. The third-order valence-electron chi connectivity index (χ3n) is 3.62. The van der Waals surface area contributed by atoms with Crippen LogP contribution in [0.1, 0.15) is 10.4 Å². The molecule has 90 valence electrons. The van der Waals surface area contributed by atoms with Crippen LogP contribution in [0.3, 0.4) is 0 Å². The second-order valence-electron chi connectivity index (χ2n) is 4.63. The Morgan fingerprint density at radius 3 is 2.63 bits per heavy atom. The predicted octanol–water partition coefficient (Wildman–Crippen LogP) is 5.02. The van der Waals surface area contributed by atoms with Gasteiger partial charge in [-0.25, -0.2) is 0 Å². The quantitative estimate of drug-likeness (QED) is 0.348. The van der Waals surface area contributed by atoms with Crippen LogP contribution in [0.4, 0.5) is 0 Å². The average Bonchev–Trinajstić information content (AvgIpc) is 2.92. The highest BCUT2D eigenvalue weighted by Crippen LogP contribution is 2.34.